The number of nitrogens with zero attached hydrogens (tertiary/aromatic N) is 4. The molecule has 3 atom stereocenters. The summed E-state index contributed by atoms with van der Waals surface area (Å²) in [7, 11) is 6.87. The lowest BCUT2D eigenvalue weighted by atomic mass is 9.61. The Hall–Kier alpha value is -4.58. The number of thiocarbonyl (C=S) groups is 1. The second kappa shape index (κ2) is 31.1. The Bertz CT molecular complexity index is 3310. The third kappa shape index (κ3) is 13.9. The molecule has 3 unspecified atom stereocenters. The van der Waals surface area contributed by atoms with Crippen molar-refractivity contribution < 1.29 is 42.8 Å². The summed E-state index contributed by atoms with van der Waals surface area (Å²) in [6.45, 7) is 12.2. The number of guanidine groups is 1. The monoisotopic (exact) mass is 1470 g/mol. The number of aliphatic imine (C=N–C) groups is 2. The number of amidine groups is 1. The van der Waals surface area contributed by atoms with Crippen LogP contribution in [0, 0.1) is 34.0 Å². The third-order valence-electron chi connectivity index (χ3n) is 23.1. The number of carbonyl (C=O) groups excluding carboxylic acids is 3. The number of benzene rings is 3. The van der Waals surface area contributed by atoms with Crippen molar-refractivity contribution in [1.29, 1.82) is 0 Å². The number of alkyl halides is 1. The molecule has 6 N–H and O–H groups in total. The zero-order chi connectivity index (χ0) is 68.0. The Morgan fingerprint density at radius 2 is 0.938 bits per heavy atom. The van der Waals surface area contributed by atoms with Crippen molar-refractivity contribution in [3.05, 3.63) is 88.0 Å². The summed E-state index contributed by atoms with van der Waals surface area (Å²) in [6, 6.07) is 19.0. The highest BCUT2D eigenvalue weighted by Gasteiger charge is 2.69. The molecule has 526 valence electrons. The molecule has 17 nitrogen and oxygen atoms in total. The van der Waals surface area contributed by atoms with Gasteiger partial charge in [-0.3, -0.25) is 24.2 Å². The van der Waals surface area contributed by atoms with E-state index in [0.29, 0.717) is 35.4 Å². The normalized spacial score (nSPS) is 31.0. The van der Waals surface area contributed by atoms with Crippen LogP contribution in [0.2, 0.25) is 0 Å². The van der Waals surface area contributed by atoms with Crippen molar-refractivity contribution in [1.82, 2.24) is 20.4 Å². The number of hydrogen-bond donors (Lipinski definition) is 4. The zero-order valence-electron chi connectivity index (χ0n) is 58.6. The number of ether oxygens (including phenoxy) is 6. The number of rotatable bonds is 19. The highest BCUT2D eigenvalue weighted by molar-refractivity contribution is 14.1. The maximum absolute atomic E-state index is 14.4. The van der Waals surface area contributed by atoms with E-state index in [1.807, 2.05) is 12.0 Å². The van der Waals surface area contributed by atoms with Gasteiger partial charge in [0.05, 0.1) is 38.1 Å². The quantitative estimate of drug-likeness (QED) is 0.0499. The Labute approximate surface area is 595 Å². The van der Waals surface area contributed by atoms with Gasteiger partial charge < -0.3 is 50.5 Å². The van der Waals surface area contributed by atoms with E-state index in [0.717, 1.165) is 187 Å². The molecule has 12 aliphatic rings. The van der Waals surface area contributed by atoms with Gasteiger partial charge in [-0.1, -0.05) is 80.2 Å². The van der Waals surface area contributed by atoms with Crippen LogP contribution in [0.15, 0.2) is 64.6 Å². The smallest absolute Gasteiger partial charge is 0.262 e. The van der Waals surface area contributed by atoms with E-state index in [2.05, 4.69) is 121 Å². The van der Waals surface area contributed by atoms with Gasteiger partial charge in [-0.2, -0.15) is 0 Å². The first kappa shape index (κ1) is 72.7. The van der Waals surface area contributed by atoms with E-state index >= 15 is 0 Å². The van der Waals surface area contributed by atoms with Gasteiger partial charge in [0.15, 0.2) is 32.9 Å². The lowest BCUT2D eigenvalue weighted by Gasteiger charge is -2.46. The molecule has 0 radical (unpaired) electrons. The molecule has 6 saturated carbocycles. The SMILES string of the molecule is CCCI.CCCN1C(=O)C2(N=C1N)c1cc(OCC3CC3)ccc1CC21CCC(OC)CC1.CCCSC1=NC2(C(=O)N1CCC)c1cc(OCC3CC3)ccc1CC21CCC(OC)CC1.CN.COC1CCC2(CC1)Cc1ccc(OCC3CC3)cc1C21NC(=S)NC1=O. The number of fused-ring (bicyclic) bond motifs is 9. The molecule has 6 spiro atoms. The van der Waals surface area contributed by atoms with Crippen LogP contribution in [-0.2, 0) is 64.5 Å². The summed E-state index contributed by atoms with van der Waals surface area (Å²) in [5.41, 5.74) is 14.7. The molecule has 3 aliphatic heterocycles. The fraction of sp³-hybridized carbons (Fsp3) is 0.684. The van der Waals surface area contributed by atoms with Crippen molar-refractivity contribution in [2.45, 2.75) is 223 Å². The topological polar surface area (TPSA) is 214 Å². The summed E-state index contributed by atoms with van der Waals surface area (Å²) < 4.78 is 36.5. The molecular formula is C76H109IN8O9S2. The highest BCUT2D eigenvalue weighted by Crippen LogP contribution is 2.65. The number of amides is 3. The van der Waals surface area contributed by atoms with Crippen molar-refractivity contribution in [2.24, 2.45) is 55.5 Å². The van der Waals surface area contributed by atoms with Gasteiger partial charge in [0.2, 0.25) is 0 Å². The Morgan fingerprint density at radius 3 is 1.32 bits per heavy atom. The Kier molecular flexibility index (Phi) is 23.6. The molecule has 0 bridgehead atoms. The molecule has 3 aromatic carbocycles. The zero-order valence-corrected chi connectivity index (χ0v) is 62.4. The van der Waals surface area contributed by atoms with Crippen LogP contribution in [0.25, 0.3) is 0 Å². The van der Waals surface area contributed by atoms with Crippen LogP contribution in [0.5, 0.6) is 17.2 Å². The van der Waals surface area contributed by atoms with E-state index in [4.69, 9.17) is 56.4 Å². The molecule has 0 aromatic heterocycles. The molecule has 3 heterocycles. The molecule has 20 heteroatoms. The average Bonchev–Trinajstić information content (AvgIpc) is 1.54. The summed E-state index contributed by atoms with van der Waals surface area (Å²) in [4.78, 5) is 55.7. The summed E-state index contributed by atoms with van der Waals surface area (Å²) in [5, 5.41) is 7.64. The minimum atomic E-state index is -0.917. The van der Waals surface area contributed by atoms with Gasteiger partial charge in [0.25, 0.3) is 17.7 Å². The molecule has 9 aliphatic carbocycles. The van der Waals surface area contributed by atoms with Gasteiger partial charge in [0, 0.05) is 56.4 Å². The van der Waals surface area contributed by atoms with E-state index in [-0.39, 0.29) is 52.3 Å². The van der Waals surface area contributed by atoms with Crippen molar-refractivity contribution in [2.75, 3.05) is 71.5 Å². The van der Waals surface area contributed by atoms with Crippen LogP contribution in [0.1, 0.15) is 202 Å². The number of carbonyl (C=O) groups is 3. The van der Waals surface area contributed by atoms with Crippen molar-refractivity contribution >= 4 is 80.5 Å². The fourth-order valence-electron chi connectivity index (χ4n) is 17.4. The molecule has 96 heavy (non-hydrogen) atoms. The molecule has 7 fully saturated rings. The highest BCUT2D eigenvalue weighted by atomic mass is 127. The van der Waals surface area contributed by atoms with E-state index < -0.39 is 16.6 Å². The maximum Gasteiger partial charge on any atom is 0.262 e. The minimum absolute atomic E-state index is 0.0125. The first-order valence-corrected chi connectivity index (χ1v) is 39.4. The minimum Gasteiger partial charge on any atom is -0.493 e. The predicted molar refractivity (Wildman–Crippen MR) is 394 cm³/mol. The second-order valence-electron chi connectivity index (χ2n) is 29.3. The number of methoxy groups -OCH3 is 3. The second-order valence-corrected chi connectivity index (χ2v) is 31.8. The van der Waals surface area contributed by atoms with Gasteiger partial charge in [-0.25, -0.2) is 9.98 Å². The van der Waals surface area contributed by atoms with Gasteiger partial charge in [-0.05, 0) is 272 Å². The van der Waals surface area contributed by atoms with Crippen LogP contribution >= 0.6 is 46.6 Å². The summed E-state index contributed by atoms with van der Waals surface area (Å²) in [6.07, 6.45) is 26.7. The standard InChI is InChI=1S/C27H38N2O3S.C24H33N3O3.C21H26N2O3S.C3H7I.CH5N/c1-4-14-29-24(30)27(28-25(29)33-15-5-2)23-16-22(32-18-19-6-7-19)9-8-20(23)17-26(27)12-10-21(31-3)11-13-26;1-3-12-27-21(28)24(26-22(27)25)20-13-19(30-15-16-4-5-16)7-6-17(20)14-23(24)10-8-18(29-2)9-11-23;1-25-15-6-8-20(9-7-15)11-14-4-5-16(26-12-13-2-3-13)10-17(14)21(20)18(24)22-19(27)23-21;1-2-3-4;1-2/h8-9,16,19,21H,4-7,10-15,17-18H2,1-3H3;6-7,13,16,18H,3-5,8-12,14-15H2,1-2H3,(H2,25,26);4-5,10,13,15H,2-3,6-9,11-12H2,1H3,(H2,22,23,24,27);2-3H2,1H3;2H2,1H3. The van der Waals surface area contributed by atoms with Gasteiger partial charge >= 0.3 is 0 Å². The van der Waals surface area contributed by atoms with E-state index in [1.165, 1.54) is 73.1 Å². The fourth-order valence-corrected chi connectivity index (χ4v) is 18.5. The molecule has 3 aromatic rings. The Balaban J connectivity index is 0.000000141. The lowest BCUT2D eigenvalue weighted by molar-refractivity contribution is -0.139. The Morgan fingerprint density at radius 1 is 0.552 bits per heavy atom. The molecule has 3 amide bonds. The van der Waals surface area contributed by atoms with E-state index in [9.17, 15) is 14.4 Å². The maximum atomic E-state index is 14.4. The van der Waals surface area contributed by atoms with Crippen LogP contribution in [0.4, 0.5) is 0 Å². The molecular weight excluding hydrogens is 1360 g/mol. The van der Waals surface area contributed by atoms with Crippen LogP contribution < -0.4 is 36.3 Å². The molecule has 1 saturated heterocycles. The largest absolute Gasteiger partial charge is 0.493 e. The predicted octanol–water partition coefficient (Wildman–Crippen LogP) is 13.1. The van der Waals surface area contributed by atoms with Crippen LogP contribution in [0.3, 0.4) is 0 Å². The lowest BCUT2D eigenvalue weighted by Crippen LogP contribution is -2.56. The number of nitrogens with two attached hydrogens (primary N) is 2. The summed E-state index contributed by atoms with van der Waals surface area (Å²) in [5.74, 6) is 6.26. The molecule has 15 rings (SSSR count). The first-order chi connectivity index (χ1) is 46.6. The third-order valence-corrected chi connectivity index (χ3v) is 25.6. The number of thioether (sulfide) groups is 1. The summed E-state index contributed by atoms with van der Waals surface area (Å²) >= 11 is 9.46. The van der Waals surface area contributed by atoms with Gasteiger partial charge in [0.1, 0.15) is 17.2 Å². The number of hydrogen-bond acceptors (Lipinski definition) is 15. The first-order valence-electron chi connectivity index (χ1n) is 36.4. The van der Waals surface area contributed by atoms with Crippen LogP contribution in [-0.4, -0.2) is 134 Å². The van der Waals surface area contributed by atoms with E-state index in [1.54, 1.807) is 30.9 Å². The van der Waals surface area contributed by atoms with Gasteiger partial charge in [-0.15, -0.1) is 0 Å². The van der Waals surface area contributed by atoms with Crippen molar-refractivity contribution in [3.63, 3.8) is 0 Å². The average molecular weight is 1470 g/mol. The van der Waals surface area contributed by atoms with Crippen molar-refractivity contribution in [3.8, 4) is 17.2 Å². The number of nitrogens with one attached hydrogen (secondary N) is 2. The number of halogens is 1.